The Labute approximate surface area is 130 Å². The highest BCUT2D eigenvalue weighted by Gasteiger charge is 2.23. The first-order valence-electron chi connectivity index (χ1n) is 6.21. The van der Waals surface area contributed by atoms with Crippen LogP contribution in [0.3, 0.4) is 0 Å². The maximum Gasteiger partial charge on any atom is 0.238 e. The summed E-state index contributed by atoms with van der Waals surface area (Å²) < 4.78 is 0.973. The lowest BCUT2D eigenvalue weighted by molar-refractivity contribution is -0.115. The fourth-order valence-corrected chi connectivity index (χ4v) is 2.95. The van der Waals surface area contributed by atoms with Crippen molar-refractivity contribution in [2.24, 2.45) is 0 Å². The van der Waals surface area contributed by atoms with Crippen LogP contribution in [0.25, 0.3) is 0 Å². The summed E-state index contributed by atoms with van der Waals surface area (Å²) in [4.78, 5) is 11.8. The smallest absolute Gasteiger partial charge is 0.238 e. The Kier molecular flexibility index (Phi) is 3.78. The molecule has 2 aromatic carbocycles. The Balaban J connectivity index is 2.12. The minimum atomic E-state index is -0.0693. The predicted octanol–water partition coefficient (Wildman–Crippen LogP) is 3.73. The summed E-state index contributed by atoms with van der Waals surface area (Å²) >= 11 is 9.55. The summed E-state index contributed by atoms with van der Waals surface area (Å²) in [5.74, 6) is -0.0434. The third kappa shape index (κ3) is 2.73. The molecular formula is C15H12BrClN2O. The van der Waals surface area contributed by atoms with Crippen LogP contribution >= 0.6 is 27.5 Å². The van der Waals surface area contributed by atoms with Crippen molar-refractivity contribution >= 4 is 39.1 Å². The minimum Gasteiger partial charge on any atom is -0.325 e. The average molecular weight is 352 g/mol. The van der Waals surface area contributed by atoms with Crippen molar-refractivity contribution in [1.82, 2.24) is 5.32 Å². The molecule has 1 aliphatic rings. The summed E-state index contributed by atoms with van der Waals surface area (Å²) in [6.45, 7) is 0.267. The number of hydrogen-bond donors (Lipinski definition) is 2. The molecule has 5 heteroatoms. The predicted molar refractivity (Wildman–Crippen MR) is 84.1 cm³/mol. The highest BCUT2D eigenvalue weighted by atomic mass is 79.9. The van der Waals surface area contributed by atoms with E-state index in [2.05, 4.69) is 26.6 Å². The van der Waals surface area contributed by atoms with Gasteiger partial charge < -0.3 is 5.32 Å². The van der Waals surface area contributed by atoms with Gasteiger partial charge in [0.05, 0.1) is 12.6 Å². The Hall–Kier alpha value is -1.36. The number of hydrogen-bond acceptors (Lipinski definition) is 2. The van der Waals surface area contributed by atoms with Crippen molar-refractivity contribution in [1.29, 1.82) is 0 Å². The number of amides is 1. The van der Waals surface area contributed by atoms with E-state index in [0.717, 1.165) is 21.3 Å². The molecule has 0 bridgehead atoms. The van der Waals surface area contributed by atoms with Crippen molar-refractivity contribution in [2.45, 2.75) is 6.04 Å². The van der Waals surface area contributed by atoms with Gasteiger partial charge in [-0.2, -0.15) is 0 Å². The van der Waals surface area contributed by atoms with Crippen LogP contribution in [-0.4, -0.2) is 12.5 Å². The molecule has 0 saturated carbocycles. The number of nitrogens with one attached hydrogen (secondary N) is 2. The molecular weight excluding hydrogens is 340 g/mol. The molecule has 1 aliphatic heterocycles. The molecule has 20 heavy (non-hydrogen) atoms. The van der Waals surface area contributed by atoms with Gasteiger partial charge in [0, 0.05) is 15.2 Å². The number of carbonyl (C=O) groups is 1. The van der Waals surface area contributed by atoms with E-state index in [1.807, 2.05) is 42.5 Å². The van der Waals surface area contributed by atoms with Crippen LogP contribution in [0.5, 0.6) is 0 Å². The van der Waals surface area contributed by atoms with E-state index in [1.54, 1.807) is 0 Å². The van der Waals surface area contributed by atoms with Crippen LogP contribution in [0.2, 0.25) is 5.02 Å². The molecule has 0 saturated heterocycles. The van der Waals surface area contributed by atoms with Gasteiger partial charge in [-0.3, -0.25) is 10.1 Å². The fourth-order valence-electron chi connectivity index (χ4n) is 2.37. The van der Waals surface area contributed by atoms with E-state index in [-0.39, 0.29) is 18.5 Å². The van der Waals surface area contributed by atoms with Gasteiger partial charge >= 0.3 is 0 Å². The second-order valence-electron chi connectivity index (χ2n) is 4.65. The van der Waals surface area contributed by atoms with Crippen LogP contribution in [-0.2, 0) is 4.79 Å². The number of halogens is 2. The van der Waals surface area contributed by atoms with Gasteiger partial charge in [0.15, 0.2) is 0 Å². The molecule has 0 aliphatic carbocycles. The third-order valence-electron chi connectivity index (χ3n) is 3.25. The lowest BCUT2D eigenvalue weighted by atomic mass is 9.97. The number of benzene rings is 2. The maximum atomic E-state index is 11.8. The van der Waals surface area contributed by atoms with Gasteiger partial charge in [-0.1, -0.05) is 39.7 Å². The second-order valence-corrected chi connectivity index (χ2v) is 6.00. The van der Waals surface area contributed by atoms with Gasteiger partial charge in [0.2, 0.25) is 5.91 Å². The van der Waals surface area contributed by atoms with E-state index in [9.17, 15) is 4.79 Å². The van der Waals surface area contributed by atoms with Gasteiger partial charge in [-0.25, -0.2) is 0 Å². The maximum absolute atomic E-state index is 11.8. The fraction of sp³-hybridized carbons (Fsp3) is 0.133. The van der Waals surface area contributed by atoms with Crippen LogP contribution in [0, 0.1) is 0 Å². The summed E-state index contributed by atoms with van der Waals surface area (Å²) in [7, 11) is 0. The van der Waals surface area contributed by atoms with Crippen molar-refractivity contribution < 1.29 is 4.79 Å². The quantitative estimate of drug-likeness (QED) is 0.822. The minimum absolute atomic E-state index is 0.0434. The largest absolute Gasteiger partial charge is 0.325 e. The van der Waals surface area contributed by atoms with Crippen molar-refractivity contribution in [2.75, 3.05) is 11.9 Å². The molecule has 0 spiro atoms. The number of anilines is 1. The van der Waals surface area contributed by atoms with Gasteiger partial charge in [0.25, 0.3) is 0 Å². The Morgan fingerprint density at radius 1 is 1.20 bits per heavy atom. The first-order chi connectivity index (χ1) is 9.63. The second kappa shape index (κ2) is 5.56. The summed E-state index contributed by atoms with van der Waals surface area (Å²) in [5.41, 5.74) is 2.88. The van der Waals surface area contributed by atoms with Crippen molar-refractivity contribution in [3.8, 4) is 0 Å². The van der Waals surface area contributed by atoms with E-state index >= 15 is 0 Å². The monoisotopic (exact) mass is 350 g/mol. The standard InChI is InChI=1S/C15H12BrClN2O/c16-10-4-5-13-12(7-10)15(18-8-14(20)19-13)9-2-1-3-11(17)6-9/h1-7,15,18H,8H2,(H,19,20)/t15-/m1/s1. The Bertz CT molecular complexity index is 675. The molecule has 0 unspecified atom stereocenters. The van der Waals surface area contributed by atoms with E-state index in [0.29, 0.717) is 5.02 Å². The Morgan fingerprint density at radius 2 is 2.05 bits per heavy atom. The van der Waals surface area contributed by atoms with E-state index in [1.165, 1.54) is 0 Å². The molecule has 1 heterocycles. The number of rotatable bonds is 1. The average Bonchev–Trinajstić information content (AvgIpc) is 2.57. The molecule has 0 fully saturated rings. The van der Waals surface area contributed by atoms with Crippen molar-refractivity contribution in [3.05, 3.63) is 63.1 Å². The van der Waals surface area contributed by atoms with Gasteiger partial charge in [-0.05, 0) is 41.5 Å². The molecule has 0 aromatic heterocycles. The topological polar surface area (TPSA) is 41.1 Å². The molecule has 102 valence electrons. The first kappa shape index (κ1) is 13.6. The highest BCUT2D eigenvalue weighted by molar-refractivity contribution is 9.10. The third-order valence-corrected chi connectivity index (χ3v) is 3.98. The number of carbonyl (C=O) groups excluding carboxylic acids is 1. The number of fused-ring (bicyclic) bond motifs is 1. The molecule has 3 nitrogen and oxygen atoms in total. The molecule has 1 atom stereocenters. The van der Waals surface area contributed by atoms with Crippen molar-refractivity contribution in [3.63, 3.8) is 0 Å². The van der Waals surface area contributed by atoms with Crippen LogP contribution in [0.15, 0.2) is 46.9 Å². The zero-order valence-electron chi connectivity index (χ0n) is 10.5. The summed E-state index contributed by atoms with van der Waals surface area (Å²) in [5, 5.41) is 6.86. The molecule has 1 amide bonds. The lowest BCUT2D eigenvalue weighted by Gasteiger charge is -2.19. The van der Waals surface area contributed by atoms with Crippen LogP contribution < -0.4 is 10.6 Å². The lowest BCUT2D eigenvalue weighted by Crippen LogP contribution is -2.27. The van der Waals surface area contributed by atoms with Crippen LogP contribution in [0.4, 0.5) is 5.69 Å². The normalized spacial score (nSPS) is 18.1. The zero-order valence-corrected chi connectivity index (χ0v) is 12.8. The summed E-state index contributed by atoms with van der Waals surface area (Å²) in [6.07, 6.45) is 0. The van der Waals surface area contributed by atoms with Gasteiger partial charge in [-0.15, -0.1) is 0 Å². The van der Waals surface area contributed by atoms with E-state index < -0.39 is 0 Å². The SMILES string of the molecule is O=C1CN[C@H](c2cccc(Cl)c2)c2cc(Br)ccc2N1. The molecule has 0 radical (unpaired) electrons. The molecule has 3 rings (SSSR count). The molecule has 2 aromatic rings. The van der Waals surface area contributed by atoms with E-state index in [4.69, 9.17) is 11.6 Å². The van der Waals surface area contributed by atoms with Gasteiger partial charge in [0.1, 0.15) is 0 Å². The molecule has 2 N–H and O–H groups in total. The highest BCUT2D eigenvalue weighted by Crippen LogP contribution is 2.33. The Morgan fingerprint density at radius 3 is 2.85 bits per heavy atom. The summed E-state index contributed by atoms with van der Waals surface area (Å²) in [6, 6.07) is 13.4. The van der Waals surface area contributed by atoms with Crippen LogP contribution in [0.1, 0.15) is 17.2 Å². The first-order valence-corrected chi connectivity index (χ1v) is 7.39. The zero-order chi connectivity index (χ0) is 14.1.